The Labute approximate surface area is 113 Å². The quantitative estimate of drug-likeness (QED) is 0.612. The zero-order valence-corrected chi connectivity index (χ0v) is 12.1. The lowest BCUT2D eigenvalue weighted by Crippen LogP contribution is -2.04. The predicted octanol–water partition coefficient (Wildman–Crippen LogP) is 4.04. The summed E-state index contributed by atoms with van der Waals surface area (Å²) in [7, 11) is 0. The van der Waals surface area contributed by atoms with E-state index in [2.05, 4.69) is 23.8 Å². The van der Waals surface area contributed by atoms with Crippen LogP contribution in [0.4, 0.5) is 0 Å². The van der Waals surface area contributed by atoms with E-state index in [0.717, 1.165) is 24.4 Å². The van der Waals surface area contributed by atoms with Gasteiger partial charge in [0.25, 0.3) is 0 Å². The predicted molar refractivity (Wildman–Crippen MR) is 74.7 cm³/mol. The standard InChI is InChI=1S/C13H19ClN2S/c1-9(2)17-8-12-15-11-7-5-3-4-6-10(11)13(14)16-12/h9H,3-8H2,1-2H3. The first-order valence-corrected chi connectivity index (χ1v) is 7.75. The Morgan fingerprint density at radius 3 is 2.71 bits per heavy atom. The van der Waals surface area contributed by atoms with Crippen LogP contribution in [0.25, 0.3) is 0 Å². The molecule has 0 atom stereocenters. The molecule has 2 rings (SSSR count). The first-order chi connectivity index (χ1) is 8.16. The number of aryl methyl sites for hydroxylation is 1. The van der Waals surface area contributed by atoms with Crippen molar-refractivity contribution in [2.45, 2.75) is 57.0 Å². The smallest absolute Gasteiger partial charge is 0.140 e. The normalized spacial score (nSPS) is 15.8. The van der Waals surface area contributed by atoms with Crippen molar-refractivity contribution in [1.82, 2.24) is 9.97 Å². The summed E-state index contributed by atoms with van der Waals surface area (Å²) >= 11 is 8.14. The van der Waals surface area contributed by atoms with Gasteiger partial charge >= 0.3 is 0 Å². The van der Waals surface area contributed by atoms with E-state index in [4.69, 9.17) is 11.6 Å². The highest BCUT2D eigenvalue weighted by molar-refractivity contribution is 7.99. The second kappa shape index (κ2) is 6.05. The molecule has 1 aliphatic carbocycles. The van der Waals surface area contributed by atoms with E-state index in [0.29, 0.717) is 10.4 Å². The number of fused-ring (bicyclic) bond motifs is 1. The van der Waals surface area contributed by atoms with Crippen molar-refractivity contribution in [3.63, 3.8) is 0 Å². The van der Waals surface area contributed by atoms with E-state index in [9.17, 15) is 0 Å². The molecule has 0 saturated heterocycles. The summed E-state index contributed by atoms with van der Waals surface area (Å²) in [6, 6.07) is 0. The molecule has 0 unspecified atom stereocenters. The lowest BCUT2D eigenvalue weighted by atomic mass is 10.1. The first kappa shape index (κ1) is 13.2. The van der Waals surface area contributed by atoms with Gasteiger partial charge in [-0.3, -0.25) is 0 Å². The minimum Gasteiger partial charge on any atom is -0.237 e. The van der Waals surface area contributed by atoms with Gasteiger partial charge in [-0.25, -0.2) is 9.97 Å². The molecule has 1 aromatic rings. The van der Waals surface area contributed by atoms with Crippen molar-refractivity contribution in [3.05, 3.63) is 22.2 Å². The van der Waals surface area contributed by atoms with Crippen molar-refractivity contribution in [1.29, 1.82) is 0 Å². The van der Waals surface area contributed by atoms with E-state index in [1.807, 2.05) is 11.8 Å². The zero-order valence-electron chi connectivity index (χ0n) is 10.5. The largest absolute Gasteiger partial charge is 0.237 e. The number of rotatable bonds is 3. The molecule has 0 aliphatic heterocycles. The maximum Gasteiger partial charge on any atom is 0.140 e. The highest BCUT2D eigenvalue weighted by atomic mass is 35.5. The van der Waals surface area contributed by atoms with Gasteiger partial charge in [-0.1, -0.05) is 31.9 Å². The number of thioether (sulfide) groups is 1. The number of hydrogen-bond donors (Lipinski definition) is 0. The third-order valence-electron chi connectivity index (χ3n) is 2.97. The van der Waals surface area contributed by atoms with Crippen LogP contribution in [0.3, 0.4) is 0 Å². The molecule has 1 aliphatic rings. The Morgan fingerprint density at radius 1 is 1.18 bits per heavy atom. The number of halogens is 1. The Balaban J connectivity index is 2.20. The summed E-state index contributed by atoms with van der Waals surface area (Å²) in [5, 5.41) is 1.30. The molecule has 1 heterocycles. The molecule has 17 heavy (non-hydrogen) atoms. The Kier molecular flexibility index (Phi) is 4.69. The lowest BCUT2D eigenvalue weighted by Gasteiger charge is -2.10. The number of nitrogens with zero attached hydrogens (tertiary/aromatic N) is 2. The molecule has 0 fully saturated rings. The minimum atomic E-state index is 0.608. The molecule has 94 valence electrons. The second-order valence-corrected chi connectivity index (χ2v) is 6.70. The maximum absolute atomic E-state index is 6.27. The van der Waals surface area contributed by atoms with Gasteiger partial charge in [0.05, 0.1) is 5.75 Å². The minimum absolute atomic E-state index is 0.608. The average Bonchev–Trinajstić information content (AvgIpc) is 2.51. The molecule has 4 heteroatoms. The third-order valence-corrected chi connectivity index (χ3v) is 4.38. The topological polar surface area (TPSA) is 25.8 Å². The van der Waals surface area contributed by atoms with Crippen molar-refractivity contribution >= 4 is 23.4 Å². The molecule has 0 amide bonds. The zero-order chi connectivity index (χ0) is 12.3. The summed E-state index contributed by atoms with van der Waals surface area (Å²) < 4.78 is 0. The molecule has 0 spiro atoms. The molecular weight excluding hydrogens is 252 g/mol. The Hall–Kier alpha value is -0.280. The molecule has 0 N–H and O–H groups in total. The lowest BCUT2D eigenvalue weighted by molar-refractivity contribution is 0.708. The van der Waals surface area contributed by atoms with E-state index < -0.39 is 0 Å². The maximum atomic E-state index is 6.27. The molecule has 0 saturated carbocycles. The highest BCUT2D eigenvalue weighted by Gasteiger charge is 2.15. The van der Waals surface area contributed by atoms with Gasteiger partial charge in [0.1, 0.15) is 11.0 Å². The summed E-state index contributed by atoms with van der Waals surface area (Å²) in [6.45, 7) is 4.38. The van der Waals surface area contributed by atoms with Crippen LogP contribution in [0.1, 0.15) is 50.2 Å². The van der Waals surface area contributed by atoms with Crippen molar-refractivity contribution in [2.24, 2.45) is 0 Å². The van der Waals surface area contributed by atoms with Crippen LogP contribution in [-0.4, -0.2) is 15.2 Å². The van der Waals surface area contributed by atoms with Gasteiger partial charge in [0, 0.05) is 11.3 Å². The number of hydrogen-bond acceptors (Lipinski definition) is 3. The summed E-state index contributed by atoms with van der Waals surface area (Å²) in [6.07, 6.45) is 5.85. The van der Waals surface area contributed by atoms with Gasteiger partial charge in [-0.15, -0.1) is 0 Å². The molecule has 0 radical (unpaired) electrons. The fourth-order valence-corrected chi connectivity index (χ4v) is 2.99. The average molecular weight is 271 g/mol. The van der Waals surface area contributed by atoms with E-state index in [-0.39, 0.29) is 0 Å². The van der Waals surface area contributed by atoms with Crippen molar-refractivity contribution in [3.8, 4) is 0 Å². The summed E-state index contributed by atoms with van der Waals surface area (Å²) in [4.78, 5) is 9.12. The number of aromatic nitrogens is 2. The Bertz CT molecular complexity index is 393. The first-order valence-electron chi connectivity index (χ1n) is 6.32. The second-order valence-electron chi connectivity index (χ2n) is 4.78. The van der Waals surface area contributed by atoms with Crippen molar-refractivity contribution in [2.75, 3.05) is 0 Å². The molecular formula is C13H19ClN2S. The fourth-order valence-electron chi connectivity index (χ4n) is 2.08. The third kappa shape index (κ3) is 3.59. The Morgan fingerprint density at radius 2 is 1.94 bits per heavy atom. The van der Waals surface area contributed by atoms with Crippen molar-refractivity contribution < 1.29 is 0 Å². The van der Waals surface area contributed by atoms with Crippen LogP contribution in [0.15, 0.2) is 0 Å². The van der Waals surface area contributed by atoms with Gasteiger partial charge in [0.15, 0.2) is 0 Å². The SMILES string of the molecule is CC(C)SCc1nc(Cl)c2c(n1)CCCCC2. The van der Waals surface area contributed by atoms with Gasteiger partial charge in [-0.2, -0.15) is 11.8 Å². The van der Waals surface area contributed by atoms with Crippen LogP contribution in [0.5, 0.6) is 0 Å². The monoisotopic (exact) mass is 270 g/mol. The highest BCUT2D eigenvalue weighted by Crippen LogP contribution is 2.26. The van der Waals surface area contributed by atoms with Crippen LogP contribution >= 0.6 is 23.4 Å². The molecule has 1 aromatic heterocycles. The van der Waals surface area contributed by atoms with Crippen LogP contribution < -0.4 is 0 Å². The molecule has 0 bridgehead atoms. The molecule has 0 aromatic carbocycles. The van der Waals surface area contributed by atoms with E-state index in [1.165, 1.54) is 30.5 Å². The van der Waals surface area contributed by atoms with Gasteiger partial charge in [-0.05, 0) is 30.9 Å². The summed E-state index contributed by atoms with van der Waals surface area (Å²) in [5.74, 6) is 1.76. The van der Waals surface area contributed by atoms with Crippen LogP contribution in [0.2, 0.25) is 5.15 Å². The molecule has 2 nitrogen and oxygen atoms in total. The van der Waals surface area contributed by atoms with Gasteiger partial charge in [0.2, 0.25) is 0 Å². The van der Waals surface area contributed by atoms with E-state index in [1.54, 1.807) is 0 Å². The summed E-state index contributed by atoms with van der Waals surface area (Å²) in [5.41, 5.74) is 2.39. The van der Waals surface area contributed by atoms with Crippen LogP contribution in [-0.2, 0) is 18.6 Å². The van der Waals surface area contributed by atoms with Gasteiger partial charge < -0.3 is 0 Å². The van der Waals surface area contributed by atoms with Crippen LogP contribution in [0, 0.1) is 0 Å². The van der Waals surface area contributed by atoms with E-state index >= 15 is 0 Å². The fraction of sp³-hybridized carbons (Fsp3) is 0.692.